The van der Waals surface area contributed by atoms with Gasteiger partial charge in [-0.2, -0.15) is 26.3 Å². The van der Waals surface area contributed by atoms with Gasteiger partial charge in [-0.05, 0) is 6.92 Å². The molecule has 14 heteroatoms. The lowest BCUT2D eigenvalue weighted by molar-refractivity contribution is -0.482. The lowest BCUT2D eigenvalue weighted by Crippen LogP contribution is -2.50. The molecule has 0 unspecified atom stereocenters. The average molecular weight is 415 g/mol. The summed E-state index contributed by atoms with van der Waals surface area (Å²) < 4.78 is 104. The smallest absolute Gasteiger partial charge is 0.452 e. The Kier molecular flexibility index (Phi) is 9.50. The van der Waals surface area contributed by atoms with E-state index in [9.17, 15) is 40.3 Å². The van der Waals surface area contributed by atoms with Gasteiger partial charge in [0.05, 0.1) is 13.2 Å². The molecular weight excluding hydrogens is 399 g/mol. The molecule has 0 atom stereocenters. The van der Waals surface area contributed by atoms with Gasteiger partial charge in [0, 0.05) is 5.57 Å². The number of hydrogen-bond donors (Lipinski definition) is 1. The Balaban J connectivity index is 4.40. The molecule has 0 aromatic rings. The molecule has 0 rings (SSSR count). The summed E-state index contributed by atoms with van der Waals surface area (Å²) in [5.41, 5.74) is 0.0580. The van der Waals surface area contributed by atoms with E-state index in [0.717, 1.165) is 0 Å². The maximum Gasteiger partial charge on any atom is 0.452 e. The molecule has 27 heavy (non-hydrogen) atoms. The molecule has 0 aliphatic heterocycles. The van der Waals surface area contributed by atoms with E-state index in [1.54, 1.807) is 0 Å². The molecule has 0 saturated heterocycles. The van der Waals surface area contributed by atoms with Crippen molar-refractivity contribution in [3.05, 3.63) is 12.2 Å². The normalized spacial score (nSPS) is 12.4. The number of hydrogen-bond acceptors (Lipinski definition) is 6. The molecule has 1 amide bonds. The van der Waals surface area contributed by atoms with Crippen LogP contribution in [0.3, 0.4) is 0 Å². The Bertz CT molecular complexity index is 529. The summed E-state index contributed by atoms with van der Waals surface area (Å²) in [6.07, 6.45) is -18.0. The summed E-state index contributed by atoms with van der Waals surface area (Å²) in [6.45, 7) is -1.40. The van der Waals surface area contributed by atoms with Crippen molar-refractivity contribution in [2.75, 3.05) is 33.0 Å². The summed E-state index contributed by atoms with van der Waals surface area (Å²) in [5, 5.41) is 1.81. The standard InChI is InChI=1S/C13H16F7NO6/c1-8(2)9(22)24-6-4-21-10(23)25-7-11(15,16)27-13(19,20)12(17,18)26-5-3-14/h1,3-7H2,2H3,(H,21,23). The second-order valence-electron chi connectivity index (χ2n) is 4.73. The topological polar surface area (TPSA) is 83.1 Å². The molecule has 1 N–H and O–H groups in total. The highest BCUT2D eigenvalue weighted by molar-refractivity contribution is 5.86. The molecule has 7 nitrogen and oxygen atoms in total. The lowest BCUT2D eigenvalue weighted by atomic mass is 10.4. The average Bonchev–Trinajstić information content (AvgIpc) is 2.53. The largest absolute Gasteiger partial charge is 0.460 e. The first-order chi connectivity index (χ1) is 12.2. The van der Waals surface area contributed by atoms with E-state index >= 15 is 0 Å². The number of alkyl carbamates (subject to hydrolysis) is 1. The summed E-state index contributed by atoms with van der Waals surface area (Å²) in [4.78, 5) is 22.1. The summed E-state index contributed by atoms with van der Waals surface area (Å²) in [7, 11) is 0. The first kappa shape index (κ1) is 24.9. The van der Waals surface area contributed by atoms with Gasteiger partial charge in [-0.1, -0.05) is 6.58 Å². The van der Waals surface area contributed by atoms with Crippen LogP contribution in [0.15, 0.2) is 12.2 Å². The van der Waals surface area contributed by atoms with E-state index in [1.165, 1.54) is 6.92 Å². The fourth-order valence-electron chi connectivity index (χ4n) is 1.15. The van der Waals surface area contributed by atoms with E-state index in [0.29, 0.717) is 0 Å². The minimum atomic E-state index is -5.84. The molecule has 0 aromatic carbocycles. The van der Waals surface area contributed by atoms with E-state index in [-0.39, 0.29) is 12.2 Å². The number of carbonyl (C=O) groups excluding carboxylic acids is 2. The summed E-state index contributed by atoms with van der Waals surface area (Å²) in [5.74, 6) is -0.789. The molecule has 0 fully saturated rings. The highest BCUT2D eigenvalue weighted by atomic mass is 19.3. The van der Waals surface area contributed by atoms with Gasteiger partial charge in [0.25, 0.3) is 0 Å². The molecule has 0 aliphatic carbocycles. The Hall–Kier alpha value is -2.09. The number of carbonyl (C=O) groups is 2. The second kappa shape index (κ2) is 10.3. The van der Waals surface area contributed by atoms with Gasteiger partial charge in [-0.15, -0.1) is 0 Å². The molecule has 158 valence electrons. The lowest BCUT2D eigenvalue weighted by Gasteiger charge is -2.28. The molecule has 0 saturated carbocycles. The van der Waals surface area contributed by atoms with Crippen LogP contribution in [-0.2, 0) is 23.7 Å². The van der Waals surface area contributed by atoms with E-state index in [4.69, 9.17) is 0 Å². The molecule has 0 aromatic heterocycles. The molecule has 0 radical (unpaired) electrons. The second-order valence-corrected chi connectivity index (χ2v) is 4.73. The van der Waals surface area contributed by atoms with E-state index < -0.39 is 56.8 Å². The first-order valence-corrected chi connectivity index (χ1v) is 7.01. The molecule has 0 heterocycles. The fourth-order valence-corrected chi connectivity index (χ4v) is 1.15. The molecule has 0 aliphatic rings. The summed E-state index contributed by atoms with van der Waals surface area (Å²) in [6, 6.07) is 0. The van der Waals surface area contributed by atoms with Crippen LogP contribution in [0.4, 0.5) is 35.5 Å². The Labute approximate surface area is 148 Å². The highest BCUT2D eigenvalue weighted by Gasteiger charge is 2.64. The van der Waals surface area contributed by atoms with Crippen molar-refractivity contribution in [1.82, 2.24) is 5.32 Å². The van der Waals surface area contributed by atoms with Crippen LogP contribution in [-0.4, -0.2) is 63.4 Å². The van der Waals surface area contributed by atoms with Gasteiger partial charge in [0.1, 0.15) is 13.3 Å². The molecule has 0 bridgehead atoms. The van der Waals surface area contributed by atoms with Crippen molar-refractivity contribution >= 4 is 12.1 Å². The number of amides is 1. The van der Waals surface area contributed by atoms with Gasteiger partial charge < -0.3 is 19.5 Å². The number of ether oxygens (including phenoxy) is 4. The van der Waals surface area contributed by atoms with Crippen LogP contribution in [0.5, 0.6) is 0 Å². The van der Waals surface area contributed by atoms with Crippen molar-refractivity contribution in [2.24, 2.45) is 0 Å². The third-order valence-corrected chi connectivity index (χ3v) is 2.30. The molecular formula is C13H16F7NO6. The van der Waals surface area contributed by atoms with Gasteiger partial charge in [-0.25, -0.2) is 18.7 Å². The van der Waals surface area contributed by atoms with Crippen LogP contribution >= 0.6 is 0 Å². The van der Waals surface area contributed by atoms with Gasteiger partial charge >= 0.3 is 30.4 Å². The predicted molar refractivity (Wildman–Crippen MR) is 73.0 cm³/mol. The third-order valence-electron chi connectivity index (χ3n) is 2.30. The minimum absolute atomic E-state index is 0.0580. The monoisotopic (exact) mass is 415 g/mol. The molecule has 0 spiro atoms. The Morgan fingerprint density at radius 3 is 2.11 bits per heavy atom. The van der Waals surface area contributed by atoms with Crippen molar-refractivity contribution in [2.45, 2.75) is 25.2 Å². The first-order valence-electron chi connectivity index (χ1n) is 7.01. The number of alkyl halides is 7. The maximum absolute atomic E-state index is 13.2. The van der Waals surface area contributed by atoms with Gasteiger partial charge in [-0.3, -0.25) is 0 Å². The zero-order valence-corrected chi connectivity index (χ0v) is 13.8. The quantitative estimate of drug-likeness (QED) is 0.228. The minimum Gasteiger partial charge on any atom is -0.460 e. The number of rotatable bonds is 12. The third kappa shape index (κ3) is 9.42. The summed E-state index contributed by atoms with van der Waals surface area (Å²) >= 11 is 0. The van der Waals surface area contributed by atoms with Gasteiger partial charge in [0.2, 0.25) is 0 Å². The van der Waals surface area contributed by atoms with Crippen LogP contribution < -0.4 is 5.32 Å². The Morgan fingerprint density at radius 1 is 1.00 bits per heavy atom. The van der Waals surface area contributed by atoms with Crippen molar-refractivity contribution in [3.63, 3.8) is 0 Å². The predicted octanol–water partition coefficient (Wildman–Crippen LogP) is 2.61. The van der Waals surface area contributed by atoms with E-state index in [1.807, 2.05) is 5.32 Å². The zero-order valence-electron chi connectivity index (χ0n) is 13.8. The zero-order chi connectivity index (χ0) is 21.3. The Morgan fingerprint density at radius 2 is 1.59 bits per heavy atom. The van der Waals surface area contributed by atoms with Crippen LogP contribution in [0, 0.1) is 0 Å². The highest BCUT2D eigenvalue weighted by Crippen LogP contribution is 2.40. The van der Waals surface area contributed by atoms with Gasteiger partial charge in [0.15, 0.2) is 6.61 Å². The van der Waals surface area contributed by atoms with Crippen LogP contribution in [0.25, 0.3) is 0 Å². The maximum atomic E-state index is 13.2. The number of nitrogens with one attached hydrogen (secondary N) is 1. The van der Waals surface area contributed by atoms with Crippen LogP contribution in [0.1, 0.15) is 6.92 Å². The number of halogens is 7. The van der Waals surface area contributed by atoms with Crippen molar-refractivity contribution < 1.29 is 59.3 Å². The fraction of sp³-hybridized carbons (Fsp3) is 0.692. The number of esters is 1. The van der Waals surface area contributed by atoms with Crippen molar-refractivity contribution in [1.29, 1.82) is 0 Å². The van der Waals surface area contributed by atoms with Crippen LogP contribution in [0.2, 0.25) is 0 Å². The SMILES string of the molecule is C=C(C)C(=O)OCCNC(=O)OCC(F)(F)OC(F)(F)C(F)(F)OCCF. The van der Waals surface area contributed by atoms with E-state index in [2.05, 4.69) is 25.5 Å². The van der Waals surface area contributed by atoms with Crippen molar-refractivity contribution in [3.8, 4) is 0 Å².